The van der Waals surface area contributed by atoms with Crippen LogP contribution in [-0.2, 0) is 6.54 Å². The molecule has 1 heterocycles. The van der Waals surface area contributed by atoms with Crippen LogP contribution in [0.25, 0.3) is 17.2 Å². The number of hydrogen-bond acceptors (Lipinski definition) is 3. The number of nitrogens with zero attached hydrogens (tertiary/aromatic N) is 1. The quantitative estimate of drug-likeness (QED) is 0.603. The molecule has 0 spiro atoms. The minimum atomic E-state index is 0.320. The molecule has 3 heteroatoms. The van der Waals surface area contributed by atoms with E-state index in [9.17, 15) is 0 Å². The lowest BCUT2D eigenvalue weighted by Gasteiger charge is -2.14. The lowest BCUT2D eigenvalue weighted by Crippen LogP contribution is -2.17. The molecule has 0 aliphatic carbocycles. The molecule has 0 radical (unpaired) electrons. The maximum absolute atomic E-state index is 5.45. The highest BCUT2D eigenvalue weighted by molar-refractivity contribution is 5.65. The first-order valence-corrected chi connectivity index (χ1v) is 9.17. The predicted octanol–water partition coefficient (Wildman–Crippen LogP) is 5.23. The second-order valence-corrected chi connectivity index (χ2v) is 6.77. The van der Waals surface area contributed by atoms with E-state index >= 15 is 0 Å². The lowest BCUT2D eigenvalue weighted by molar-refractivity contribution is 0.174. The van der Waals surface area contributed by atoms with Crippen LogP contribution in [0.4, 0.5) is 0 Å². The van der Waals surface area contributed by atoms with E-state index in [0.29, 0.717) is 6.79 Å². The Kier molecular flexibility index (Phi) is 5.22. The molecule has 27 heavy (non-hydrogen) atoms. The Labute approximate surface area is 160 Å². The van der Waals surface area contributed by atoms with Crippen molar-refractivity contribution in [1.29, 1.82) is 0 Å². The van der Waals surface area contributed by atoms with Crippen molar-refractivity contribution in [2.75, 3.05) is 20.4 Å². The molecule has 0 amide bonds. The molecule has 1 aliphatic heterocycles. The Balaban J connectivity index is 1.32. The molecule has 0 N–H and O–H groups in total. The maximum atomic E-state index is 5.45. The highest BCUT2D eigenvalue weighted by atomic mass is 16.7. The monoisotopic (exact) mass is 357 g/mol. The average Bonchev–Trinajstić information content (AvgIpc) is 3.17. The van der Waals surface area contributed by atoms with E-state index in [1.54, 1.807) is 0 Å². The molecular formula is C24H23NO2. The van der Waals surface area contributed by atoms with E-state index in [1.165, 1.54) is 22.3 Å². The van der Waals surface area contributed by atoms with Crippen LogP contribution in [0.3, 0.4) is 0 Å². The van der Waals surface area contributed by atoms with Gasteiger partial charge in [-0.05, 0) is 41.4 Å². The van der Waals surface area contributed by atoms with E-state index in [4.69, 9.17) is 9.47 Å². The minimum Gasteiger partial charge on any atom is -0.454 e. The van der Waals surface area contributed by atoms with Gasteiger partial charge in [-0.25, -0.2) is 0 Å². The third kappa shape index (κ3) is 4.39. The van der Waals surface area contributed by atoms with Crippen molar-refractivity contribution in [2.45, 2.75) is 6.54 Å². The van der Waals surface area contributed by atoms with Crippen LogP contribution < -0.4 is 9.47 Å². The van der Waals surface area contributed by atoms with Gasteiger partial charge < -0.3 is 9.47 Å². The van der Waals surface area contributed by atoms with Crippen molar-refractivity contribution in [3.63, 3.8) is 0 Å². The summed E-state index contributed by atoms with van der Waals surface area (Å²) in [6.07, 6.45) is 4.37. The summed E-state index contributed by atoms with van der Waals surface area (Å²) in [7, 11) is 2.12. The molecule has 3 aromatic carbocycles. The molecule has 0 unspecified atom stereocenters. The van der Waals surface area contributed by atoms with E-state index in [1.807, 2.05) is 12.1 Å². The fourth-order valence-corrected chi connectivity index (χ4v) is 3.20. The normalized spacial score (nSPS) is 12.8. The molecule has 0 aromatic heterocycles. The first kappa shape index (κ1) is 17.4. The van der Waals surface area contributed by atoms with Gasteiger partial charge in [-0.15, -0.1) is 0 Å². The Bertz CT molecular complexity index is 917. The van der Waals surface area contributed by atoms with Crippen LogP contribution in [0.5, 0.6) is 11.5 Å². The number of fused-ring (bicyclic) bond motifs is 1. The van der Waals surface area contributed by atoms with Crippen LogP contribution in [0.2, 0.25) is 0 Å². The number of hydrogen-bond donors (Lipinski definition) is 0. The number of ether oxygens (including phenoxy) is 2. The molecular weight excluding hydrogens is 334 g/mol. The first-order valence-electron chi connectivity index (χ1n) is 9.17. The lowest BCUT2D eigenvalue weighted by atomic mass is 10.0. The van der Waals surface area contributed by atoms with Gasteiger partial charge in [-0.3, -0.25) is 4.90 Å². The third-order valence-electron chi connectivity index (χ3n) is 4.63. The zero-order chi connectivity index (χ0) is 18.5. The number of benzene rings is 3. The highest BCUT2D eigenvalue weighted by Crippen LogP contribution is 2.32. The molecule has 3 aromatic rings. The van der Waals surface area contributed by atoms with Gasteiger partial charge in [0.2, 0.25) is 6.79 Å². The van der Waals surface area contributed by atoms with Crippen molar-refractivity contribution in [2.24, 2.45) is 0 Å². The van der Waals surface area contributed by atoms with E-state index in [0.717, 1.165) is 24.6 Å². The molecule has 1 aliphatic rings. The van der Waals surface area contributed by atoms with Crippen LogP contribution in [0, 0.1) is 0 Å². The summed E-state index contributed by atoms with van der Waals surface area (Å²) in [5, 5.41) is 0. The Morgan fingerprint density at radius 1 is 0.852 bits per heavy atom. The molecule has 0 bridgehead atoms. The van der Waals surface area contributed by atoms with E-state index in [2.05, 4.69) is 84.8 Å². The summed E-state index contributed by atoms with van der Waals surface area (Å²) in [6.45, 7) is 2.07. The van der Waals surface area contributed by atoms with E-state index < -0.39 is 0 Å². The van der Waals surface area contributed by atoms with Gasteiger partial charge >= 0.3 is 0 Å². The topological polar surface area (TPSA) is 21.7 Å². The van der Waals surface area contributed by atoms with Crippen molar-refractivity contribution in [3.8, 4) is 22.6 Å². The fourth-order valence-electron chi connectivity index (χ4n) is 3.20. The minimum absolute atomic E-state index is 0.320. The standard InChI is InChI=1S/C24H23NO2/c1-25(17-20-11-14-23-24(16-20)27-18-26-23)15-5-6-19-9-12-22(13-10-19)21-7-3-2-4-8-21/h2-14,16H,15,17-18H2,1H3/b6-5+. The van der Waals surface area contributed by atoms with Gasteiger partial charge in [0.15, 0.2) is 11.5 Å². The SMILES string of the molecule is CN(C/C=C/c1ccc(-c2ccccc2)cc1)Cc1ccc2c(c1)OCO2. The van der Waals surface area contributed by atoms with Crippen molar-refractivity contribution >= 4 is 6.08 Å². The van der Waals surface area contributed by atoms with Crippen LogP contribution >= 0.6 is 0 Å². The average molecular weight is 357 g/mol. The largest absolute Gasteiger partial charge is 0.454 e. The summed E-state index contributed by atoms with van der Waals surface area (Å²) >= 11 is 0. The van der Waals surface area contributed by atoms with Gasteiger partial charge in [0.05, 0.1) is 0 Å². The highest BCUT2D eigenvalue weighted by Gasteiger charge is 2.13. The molecule has 0 atom stereocenters. The molecule has 4 rings (SSSR count). The maximum Gasteiger partial charge on any atom is 0.231 e. The molecule has 136 valence electrons. The van der Waals surface area contributed by atoms with Crippen molar-refractivity contribution < 1.29 is 9.47 Å². The van der Waals surface area contributed by atoms with Crippen molar-refractivity contribution in [1.82, 2.24) is 4.90 Å². The third-order valence-corrected chi connectivity index (χ3v) is 4.63. The summed E-state index contributed by atoms with van der Waals surface area (Å²) in [5.41, 5.74) is 4.93. The molecule has 0 saturated carbocycles. The first-order chi connectivity index (χ1) is 13.3. The second kappa shape index (κ2) is 8.11. The molecule has 0 saturated heterocycles. The fraction of sp³-hybridized carbons (Fsp3) is 0.167. The van der Waals surface area contributed by atoms with Gasteiger partial charge in [0.25, 0.3) is 0 Å². The van der Waals surface area contributed by atoms with Crippen molar-refractivity contribution in [3.05, 3.63) is 90.0 Å². The smallest absolute Gasteiger partial charge is 0.231 e. The molecule has 3 nitrogen and oxygen atoms in total. The van der Waals surface area contributed by atoms with Crippen LogP contribution in [0.15, 0.2) is 78.9 Å². The van der Waals surface area contributed by atoms with Gasteiger partial charge in [0, 0.05) is 13.1 Å². The zero-order valence-corrected chi connectivity index (χ0v) is 15.5. The Hall–Kier alpha value is -3.04. The molecule has 0 fully saturated rings. The summed E-state index contributed by atoms with van der Waals surface area (Å²) in [4.78, 5) is 2.27. The predicted molar refractivity (Wildman–Crippen MR) is 110 cm³/mol. The summed E-state index contributed by atoms with van der Waals surface area (Å²) in [5.74, 6) is 1.68. The van der Waals surface area contributed by atoms with Crippen LogP contribution in [0.1, 0.15) is 11.1 Å². The Morgan fingerprint density at radius 3 is 2.41 bits per heavy atom. The number of rotatable bonds is 6. The summed E-state index contributed by atoms with van der Waals surface area (Å²) < 4.78 is 10.8. The van der Waals surface area contributed by atoms with Gasteiger partial charge in [-0.1, -0.05) is 72.8 Å². The zero-order valence-electron chi connectivity index (χ0n) is 15.5. The Morgan fingerprint density at radius 2 is 1.59 bits per heavy atom. The number of likely N-dealkylation sites (N-methyl/N-ethyl adjacent to an activating group) is 1. The van der Waals surface area contributed by atoms with E-state index in [-0.39, 0.29) is 0 Å². The van der Waals surface area contributed by atoms with Gasteiger partial charge in [0.1, 0.15) is 0 Å². The summed E-state index contributed by atoms with van der Waals surface area (Å²) in [6, 6.07) is 25.3. The second-order valence-electron chi connectivity index (χ2n) is 6.77. The van der Waals surface area contributed by atoms with Crippen LogP contribution in [-0.4, -0.2) is 25.3 Å². The van der Waals surface area contributed by atoms with Gasteiger partial charge in [-0.2, -0.15) is 0 Å².